The lowest BCUT2D eigenvalue weighted by Gasteiger charge is -2.11. The summed E-state index contributed by atoms with van der Waals surface area (Å²) in [5.41, 5.74) is 1.96. The van der Waals surface area contributed by atoms with E-state index >= 15 is 0 Å². The number of imidazole rings is 1. The molecule has 3 rings (SSSR count). The van der Waals surface area contributed by atoms with Gasteiger partial charge in [0.05, 0.1) is 40.0 Å². The molecule has 0 aliphatic carbocycles. The Labute approximate surface area is 172 Å². The molecule has 0 unspecified atom stereocenters. The SMILES string of the molecule is Cc1nc(NC(=O)NCCC#N)sc1-c1ccc(S(C)(=O)=O)c(-n2ccnc2)c1. The van der Waals surface area contributed by atoms with Crippen LogP contribution in [0.3, 0.4) is 0 Å². The van der Waals surface area contributed by atoms with E-state index in [-0.39, 0.29) is 17.9 Å². The number of nitrogens with one attached hydrogen (secondary N) is 2. The van der Waals surface area contributed by atoms with E-state index in [4.69, 9.17) is 5.26 Å². The molecule has 9 nitrogen and oxygen atoms in total. The number of benzene rings is 1. The molecule has 3 aromatic rings. The number of sulfone groups is 1. The standard InChI is InChI=1S/C18H18N6O3S2/c1-12-16(28-18(22-12)23-17(25)21-7-3-6-19)13-4-5-15(29(2,26)27)14(10-13)24-9-8-20-11-24/h4-5,8-11H,3,7H2,1-2H3,(H2,21,22,23,25). The van der Waals surface area contributed by atoms with Gasteiger partial charge >= 0.3 is 6.03 Å². The minimum atomic E-state index is -3.44. The van der Waals surface area contributed by atoms with Gasteiger partial charge in [0.15, 0.2) is 15.0 Å². The van der Waals surface area contributed by atoms with Crippen molar-refractivity contribution < 1.29 is 13.2 Å². The highest BCUT2D eigenvalue weighted by Crippen LogP contribution is 2.35. The molecule has 29 heavy (non-hydrogen) atoms. The van der Waals surface area contributed by atoms with Crippen molar-refractivity contribution in [3.05, 3.63) is 42.6 Å². The predicted octanol–water partition coefficient (Wildman–Crippen LogP) is 2.74. The van der Waals surface area contributed by atoms with Gasteiger partial charge in [-0.05, 0) is 24.6 Å². The highest BCUT2D eigenvalue weighted by molar-refractivity contribution is 7.90. The number of hydrogen-bond donors (Lipinski definition) is 2. The Morgan fingerprint density at radius 2 is 2.17 bits per heavy atom. The van der Waals surface area contributed by atoms with Crippen molar-refractivity contribution in [1.29, 1.82) is 5.26 Å². The second-order valence-corrected chi connectivity index (χ2v) is 9.13. The second-order valence-electron chi connectivity index (χ2n) is 6.15. The summed E-state index contributed by atoms with van der Waals surface area (Å²) in [7, 11) is -3.44. The van der Waals surface area contributed by atoms with Crippen LogP contribution in [0.15, 0.2) is 41.8 Å². The number of amides is 2. The van der Waals surface area contributed by atoms with Gasteiger partial charge in [0.1, 0.15) is 0 Å². The molecule has 2 N–H and O–H groups in total. The number of nitrogens with zero attached hydrogens (tertiary/aromatic N) is 4. The van der Waals surface area contributed by atoms with Crippen LogP contribution in [-0.4, -0.2) is 41.8 Å². The topological polar surface area (TPSA) is 130 Å². The van der Waals surface area contributed by atoms with Crippen LogP contribution in [0.1, 0.15) is 12.1 Å². The molecule has 0 atom stereocenters. The average Bonchev–Trinajstić information content (AvgIpc) is 3.30. The molecule has 1 aromatic carbocycles. The number of anilines is 1. The van der Waals surface area contributed by atoms with Crippen molar-refractivity contribution in [2.45, 2.75) is 18.2 Å². The van der Waals surface area contributed by atoms with E-state index in [0.29, 0.717) is 16.5 Å². The molecule has 2 heterocycles. The average molecular weight is 431 g/mol. The summed E-state index contributed by atoms with van der Waals surface area (Å²) >= 11 is 1.28. The molecule has 2 amide bonds. The molecule has 0 saturated carbocycles. The second kappa shape index (κ2) is 8.42. The number of nitriles is 1. The number of aryl methyl sites for hydroxylation is 1. The zero-order valence-corrected chi connectivity index (χ0v) is 17.3. The molecular weight excluding hydrogens is 412 g/mol. The van der Waals surface area contributed by atoms with Crippen LogP contribution in [0.4, 0.5) is 9.93 Å². The first-order valence-corrected chi connectivity index (χ1v) is 11.2. The van der Waals surface area contributed by atoms with Gasteiger partial charge in [0.2, 0.25) is 0 Å². The molecule has 150 valence electrons. The Kier molecular flexibility index (Phi) is 5.95. The van der Waals surface area contributed by atoms with Crippen molar-refractivity contribution >= 4 is 32.3 Å². The molecule has 0 spiro atoms. The Morgan fingerprint density at radius 1 is 1.38 bits per heavy atom. The molecule has 2 aromatic heterocycles. The molecule has 11 heteroatoms. The Morgan fingerprint density at radius 3 is 2.83 bits per heavy atom. The Hall–Kier alpha value is -3.23. The highest BCUT2D eigenvalue weighted by Gasteiger charge is 2.18. The van der Waals surface area contributed by atoms with Crippen LogP contribution in [0, 0.1) is 18.3 Å². The lowest BCUT2D eigenvalue weighted by Crippen LogP contribution is -2.29. The summed E-state index contributed by atoms with van der Waals surface area (Å²) < 4.78 is 26.0. The molecule has 0 saturated heterocycles. The van der Waals surface area contributed by atoms with Crippen molar-refractivity contribution in [3.63, 3.8) is 0 Å². The first-order valence-electron chi connectivity index (χ1n) is 8.51. The fourth-order valence-electron chi connectivity index (χ4n) is 2.67. The number of rotatable bonds is 6. The monoisotopic (exact) mass is 430 g/mol. The largest absolute Gasteiger partial charge is 0.337 e. The Bertz CT molecular complexity index is 1180. The van der Waals surface area contributed by atoms with Crippen LogP contribution < -0.4 is 10.6 Å². The van der Waals surface area contributed by atoms with E-state index in [1.54, 1.807) is 35.2 Å². The maximum Gasteiger partial charge on any atom is 0.321 e. The number of thiazole rings is 1. The molecule has 0 aliphatic rings. The lowest BCUT2D eigenvalue weighted by atomic mass is 10.1. The molecule has 0 bridgehead atoms. The molecule has 0 fully saturated rings. The van der Waals surface area contributed by atoms with Crippen LogP contribution in [-0.2, 0) is 9.84 Å². The van der Waals surface area contributed by atoms with E-state index in [1.165, 1.54) is 17.7 Å². The minimum absolute atomic E-state index is 0.191. The number of carbonyl (C=O) groups excluding carboxylic acids is 1. The summed E-state index contributed by atoms with van der Waals surface area (Å²) in [6, 6.07) is 6.54. The van der Waals surface area contributed by atoms with Gasteiger partial charge in [-0.1, -0.05) is 17.4 Å². The normalized spacial score (nSPS) is 11.1. The fraction of sp³-hybridized carbons (Fsp3) is 0.222. The quantitative estimate of drug-likeness (QED) is 0.578. The van der Waals surface area contributed by atoms with Gasteiger partial charge in [-0.2, -0.15) is 5.26 Å². The predicted molar refractivity (Wildman–Crippen MR) is 110 cm³/mol. The highest BCUT2D eigenvalue weighted by atomic mass is 32.2. The van der Waals surface area contributed by atoms with E-state index in [0.717, 1.165) is 16.7 Å². The van der Waals surface area contributed by atoms with Crippen molar-refractivity contribution in [1.82, 2.24) is 19.9 Å². The zero-order valence-electron chi connectivity index (χ0n) is 15.7. The summed E-state index contributed by atoms with van der Waals surface area (Å²) in [6.07, 6.45) is 6.16. The summed E-state index contributed by atoms with van der Waals surface area (Å²) in [5, 5.41) is 14.1. The third-order valence-corrected chi connectivity index (χ3v) is 6.21. The molecule has 0 radical (unpaired) electrons. The maximum absolute atomic E-state index is 12.2. The smallest absolute Gasteiger partial charge is 0.321 e. The van der Waals surface area contributed by atoms with Crippen LogP contribution in [0.5, 0.6) is 0 Å². The molecule has 0 aliphatic heterocycles. The number of hydrogen-bond acceptors (Lipinski definition) is 7. The van der Waals surface area contributed by atoms with Gasteiger partial charge in [0, 0.05) is 25.2 Å². The van der Waals surface area contributed by atoms with E-state index in [1.807, 2.05) is 13.0 Å². The maximum atomic E-state index is 12.2. The first kappa shape index (κ1) is 20.5. The first-order chi connectivity index (χ1) is 13.8. The van der Waals surface area contributed by atoms with Gasteiger partial charge in [-0.15, -0.1) is 0 Å². The number of aromatic nitrogens is 3. The van der Waals surface area contributed by atoms with Gasteiger partial charge < -0.3 is 9.88 Å². The van der Waals surface area contributed by atoms with E-state index in [9.17, 15) is 13.2 Å². The van der Waals surface area contributed by atoms with Crippen molar-refractivity contribution in [3.8, 4) is 22.2 Å². The summed E-state index contributed by atoms with van der Waals surface area (Å²) in [4.78, 5) is 21.2. The third kappa shape index (κ3) is 4.79. The summed E-state index contributed by atoms with van der Waals surface area (Å²) in [5.74, 6) is 0. The fourth-order valence-corrected chi connectivity index (χ4v) is 4.48. The van der Waals surface area contributed by atoms with Gasteiger partial charge in [-0.25, -0.2) is 23.2 Å². The van der Waals surface area contributed by atoms with Gasteiger partial charge in [-0.3, -0.25) is 5.32 Å². The van der Waals surface area contributed by atoms with E-state index in [2.05, 4.69) is 20.6 Å². The molecular formula is C18H18N6O3S2. The van der Waals surface area contributed by atoms with Crippen molar-refractivity contribution in [2.75, 3.05) is 18.1 Å². The number of urea groups is 1. The minimum Gasteiger partial charge on any atom is -0.337 e. The summed E-state index contributed by atoms with van der Waals surface area (Å²) in [6.45, 7) is 2.06. The third-order valence-electron chi connectivity index (χ3n) is 3.94. The number of carbonyl (C=O) groups is 1. The van der Waals surface area contributed by atoms with Crippen LogP contribution in [0.25, 0.3) is 16.1 Å². The van der Waals surface area contributed by atoms with E-state index < -0.39 is 15.9 Å². The Balaban J connectivity index is 1.94. The van der Waals surface area contributed by atoms with Crippen molar-refractivity contribution in [2.24, 2.45) is 0 Å². The van der Waals surface area contributed by atoms with Crippen LogP contribution in [0.2, 0.25) is 0 Å². The lowest BCUT2D eigenvalue weighted by molar-refractivity contribution is 0.252. The van der Waals surface area contributed by atoms with Gasteiger partial charge in [0.25, 0.3) is 0 Å². The van der Waals surface area contributed by atoms with Crippen LogP contribution >= 0.6 is 11.3 Å². The zero-order chi connectivity index (χ0) is 21.0.